The lowest BCUT2D eigenvalue weighted by Crippen LogP contribution is -2.45. The number of halogens is 1. The first-order valence-electron chi connectivity index (χ1n) is 9.98. The van der Waals surface area contributed by atoms with Crippen molar-refractivity contribution in [3.63, 3.8) is 0 Å². The Labute approximate surface area is 178 Å². The number of benzene rings is 1. The largest absolute Gasteiger partial charge is 0.495 e. The van der Waals surface area contributed by atoms with Crippen LogP contribution in [0.3, 0.4) is 0 Å². The molecule has 1 saturated heterocycles. The third-order valence-electron chi connectivity index (χ3n) is 6.47. The lowest BCUT2D eigenvalue weighted by atomic mass is 9.81. The van der Waals surface area contributed by atoms with E-state index >= 15 is 0 Å². The number of ether oxygens (including phenoxy) is 2. The number of amides is 3. The minimum atomic E-state index is -1.07. The molecular weight excluding hydrogens is 412 g/mol. The lowest BCUT2D eigenvalue weighted by molar-refractivity contribution is -0.159. The Kier molecular flexibility index (Phi) is 5.44. The second-order valence-electron chi connectivity index (χ2n) is 8.11. The number of esters is 1. The SMILES string of the molecule is COc1ccc(Cl)cc1NC(=O)COC(=O)[C@H](C)N1C(=O)[C@@H]2[C@H]3CC[C@@H](C3)[C@H]2C1=O. The molecule has 1 aromatic carbocycles. The molecule has 2 bridgehead atoms. The van der Waals surface area contributed by atoms with E-state index in [0.717, 1.165) is 24.2 Å². The van der Waals surface area contributed by atoms with Gasteiger partial charge in [-0.25, -0.2) is 4.79 Å². The van der Waals surface area contributed by atoms with Crippen molar-refractivity contribution < 1.29 is 28.7 Å². The summed E-state index contributed by atoms with van der Waals surface area (Å²) in [5, 5.41) is 2.97. The van der Waals surface area contributed by atoms with Crippen LogP contribution in [0.25, 0.3) is 0 Å². The smallest absolute Gasteiger partial charge is 0.329 e. The molecule has 8 nitrogen and oxygen atoms in total. The Morgan fingerprint density at radius 2 is 1.83 bits per heavy atom. The zero-order valence-electron chi connectivity index (χ0n) is 16.7. The van der Waals surface area contributed by atoms with Crippen LogP contribution in [0.1, 0.15) is 26.2 Å². The quantitative estimate of drug-likeness (QED) is 0.544. The van der Waals surface area contributed by atoms with Crippen LogP contribution in [0.2, 0.25) is 5.02 Å². The molecule has 5 atom stereocenters. The molecule has 1 aliphatic heterocycles. The van der Waals surface area contributed by atoms with Crippen molar-refractivity contribution >= 4 is 41.0 Å². The van der Waals surface area contributed by atoms with Gasteiger partial charge in [0.15, 0.2) is 6.61 Å². The second-order valence-corrected chi connectivity index (χ2v) is 8.54. The van der Waals surface area contributed by atoms with E-state index in [1.54, 1.807) is 12.1 Å². The fourth-order valence-corrected chi connectivity index (χ4v) is 5.31. The fourth-order valence-electron chi connectivity index (χ4n) is 5.14. The Hall–Kier alpha value is -2.61. The average molecular weight is 435 g/mol. The minimum Gasteiger partial charge on any atom is -0.495 e. The molecule has 30 heavy (non-hydrogen) atoms. The number of hydrogen-bond donors (Lipinski definition) is 1. The van der Waals surface area contributed by atoms with E-state index in [4.69, 9.17) is 21.1 Å². The molecule has 3 aliphatic rings. The van der Waals surface area contributed by atoms with Gasteiger partial charge >= 0.3 is 5.97 Å². The van der Waals surface area contributed by atoms with Crippen LogP contribution >= 0.6 is 11.6 Å². The molecule has 0 radical (unpaired) electrons. The van der Waals surface area contributed by atoms with Crippen LogP contribution in [0.5, 0.6) is 5.75 Å². The number of imide groups is 1. The lowest BCUT2D eigenvalue weighted by Gasteiger charge is -2.23. The molecular formula is C21H23ClN2O6. The van der Waals surface area contributed by atoms with Gasteiger partial charge in [0.2, 0.25) is 11.8 Å². The Morgan fingerprint density at radius 3 is 2.43 bits per heavy atom. The first-order valence-corrected chi connectivity index (χ1v) is 10.4. The molecule has 0 aromatic heterocycles. The highest BCUT2D eigenvalue weighted by molar-refractivity contribution is 6.31. The highest BCUT2D eigenvalue weighted by Crippen LogP contribution is 2.56. The molecule has 4 rings (SSSR count). The summed E-state index contributed by atoms with van der Waals surface area (Å²) in [4.78, 5) is 51.3. The summed E-state index contributed by atoms with van der Waals surface area (Å²) in [6, 6.07) is 3.66. The Bertz CT molecular complexity index is 891. The highest BCUT2D eigenvalue weighted by Gasteiger charge is 2.62. The Balaban J connectivity index is 1.35. The van der Waals surface area contributed by atoms with Gasteiger partial charge in [0.25, 0.3) is 5.91 Å². The van der Waals surface area contributed by atoms with Crippen LogP contribution in [0, 0.1) is 23.7 Å². The maximum absolute atomic E-state index is 12.8. The molecule has 0 spiro atoms. The van der Waals surface area contributed by atoms with Gasteiger partial charge in [0, 0.05) is 5.02 Å². The van der Waals surface area contributed by atoms with Crippen molar-refractivity contribution in [2.75, 3.05) is 19.0 Å². The summed E-state index contributed by atoms with van der Waals surface area (Å²) < 4.78 is 10.2. The number of hydrogen-bond acceptors (Lipinski definition) is 6. The summed E-state index contributed by atoms with van der Waals surface area (Å²) >= 11 is 5.93. The topological polar surface area (TPSA) is 102 Å². The summed E-state index contributed by atoms with van der Waals surface area (Å²) in [6.45, 7) is 0.895. The number of carbonyl (C=O) groups excluding carboxylic acids is 4. The first kappa shape index (κ1) is 20.7. The van der Waals surface area contributed by atoms with Crippen LogP contribution in [-0.2, 0) is 23.9 Å². The number of nitrogens with one attached hydrogen (secondary N) is 1. The minimum absolute atomic E-state index is 0.239. The summed E-state index contributed by atoms with van der Waals surface area (Å²) in [6.07, 6.45) is 2.85. The monoisotopic (exact) mass is 434 g/mol. The third kappa shape index (κ3) is 3.43. The van der Waals surface area contributed by atoms with E-state index in [0.29, 0.717) is 16.5 Å². The number of likely N-dealkylation sites (tertiary alicyclic amines) is 1. The predicted octanol–water partition coefficient (Wildman–Crippen LogP) is 2.25. The third-order valence-corrected chi connectivity index (χ3v) is 6.71. The molecule has 1 aromatic rings. The van der Waals surface area contributed by atoms with Crippen molar-refractivity contribution in [1.29, 1.82) is 0 Å². The second kappa shape index (κ2) is 7.91. The number of carbonyl (C=O) groups is 4. The van der Waals surface area contributed by atoms with Gasteiger partial charge in [-0.1, -0.05) is 11.6 Å². The van der Waals surface area contributed by atoms with Crippen molar-refractivity contribution in [2.45, 2.75) is 32.2 Å². The average Bonchev–Trinajstić information content (AvgIpc) is 3.39. The van der Waals surface area contributed by atoms with Crippen molar-refractivity contribution in [3.8, 4) is 5.75 Å². The van der Waals surface area contributed by atoms with E-state index in [1.165, 1.54) is 20.1 Å². The molecule has 3 fully saturated rings. The van der Waals surface area contributed by atoms with E-state index < -0.39 is 24.5 Å². The molecule has 1 heterocycles. The first-order chi connectivity index (χ1) is 14.3. The molecule has 160 valence electrons. The van der Waals surface area contributed by atoms with Gasteiger partial charge in [-0.15, -0.1) is 0 Å². The van der Waals surface area contributed by atoms with Gasteiger partial charge in [-0.2, -0.15) is 0 Å². The standard InChI is InChI=1S/C21H23ClN2O6/c1-10(24-19(26)17-11-3-4-12(7-11)18(17)20(24)27)21(28)30-9-16(25)23-14-8-13(22)5-6-15(14)29-2/h5-6,8,10-12,17-18H,3-4,7,9H2,1-2H3,(H,23,25)/t10-,11-,12-,17+,18+/m0/s1. The molecule has 1 N–H and O–H groups in total. The molecule has 2 saturated carbocycles. The Morgan fingerprint density at radius 1 is 1.20 bits per heavy atom. The maximum Gasteiger partial charge on any atom is 0.329 e. The van der Waals surface area contributed by atoms with Crippen LogP contribution in [0.15, 0.2) is 18.2 Å². The normalized spacial score (nSPS) is 27.8. The molecule has 9 heteroatoms. The number of rotatable bonds is 6. The van der Waals surface area contributed by atoms with E-state index in [-0.39, 0.29) is 35.5 Å². The number of anilines is 1. The summed E-state index contributed by atoms with van der Waals surface area (Å²) in [5.74, 6) is -1.67. The fraction of sp³-hybridized carbons (Fsp3) is 0.524. The van der Waals surface area contributed by atoms with Crippen LogP contribution in [-0.4, -0.2) is 48.3 Å². The van der Waals surface area contributed by atoms with E-state index in [1.807, 2.05) is 0 Å². The van der Waals surface area contributed by atoms with Crippen molar-refractivity contribution in [1.82, 2.24) is 4.90 Å². The van der Waals surface area contributed by atoms with Crippen molar-refractivity contribution in [3.05, 3.63) is 23.2 Å². The van der Waals surface area contributed by atoms with E-state index in [9.17, 15) is 19.2 Å². The van der Waals surface area contributed by atoms with Gasteiger partial charge < -0.3 is 14.8 Å². The molecule has 0 unspecified atom stereocenters. The highest BCUT2D eigenvalue weighted by atomic mass is 35.5. The predicted molar refractivity (Wildman–Crippen MR) is 107 cm³/mol. The zero-order chi connectivity index (χ0) is 21.6. The number of methoxy groups -OCH3 is 1. The van der Waals surface area contributed by atoms with Crippen LogP contribution in [0.4, 0.5) is 5.69 Å². The molecule has 2 aliphatic carbocycles. The zero-order valence-corrected chi connectivity index (χ0v) is 17.5. The van der Waals surface area contributed by atoms with Gasteiger partial charge in [0.05, 0.1) is 24.6 Å². The molecule has 3 amide bonds. The van der Waals surface area contributed by atoms with Crippen molar-refractivity contribution in [2.24, 2.45) is 23.7 Å². The van der Waals surface area contributed by atoms with Gasteiger partial charge in [-0.3, -0.25) is 19.3 Å². The van der Waals surface area contributed by atoms with Gasteiger partial charge in [0.1, 0.15) is 11.8 Å². The van der Waals surface area contributed by atoms with E-state index in [2.05, 4.69) is 5.32 Å². The summed E-state index contributed by atoms with van der Waals surface area (Å²) in [5.41, 5.74) is 0.340. The maximum atomic E-state index is 12.8. The van der Waals surface area contributed by atoms with Gasteiger partial charge in [-0.05, 0) is 56.2 Å². The number of fused-ring (bicyclic) bond motifs is 5. The number of nitrogens with zero attached hydrogens (tertiary/aromatic N) is 1. The summed E-state index contributed by atoms with van der Waals surface area (Å²) in [7, 11) is 1.45. The van der Waals surface area contributed by atoms with Crippen LogP contribution < -0.4 is 10.1 Å².